The topological polar surface area (TPSA) is 163 Å². The number of hydrogen-bond acceptors (Lipinski definition) is 10. The molecule has 0 amide bonds. The molecule has 8 bridgehead atoms. The van der Waals surface area contributed by atoms with Crippen molar-refractivity contribution in [1.29, 1.82) is 0 Å². The number of carbonyl (C=O) groups excluding carboxylic acids is 4. The predicted octanol–water partition coefficient (Wildman–Crippen LogP) is 6.91. The molecule has 3 aromatic rings. The summed E-state index contributed by atoms with van der Waals surface area (Å²) in [6, 6.07) is 7.92. The van der Waals surface area contributed by atoms with Crippen LogP contribution >= 0.6 is 0 Å². The Morgan fingerprint density at radius 1 is 0.481 bits per heavy atom. The summed E-state index contributed by atoms with van der Waals surface area (Å²) in [4.78, 5) is 66.5. The Hall–Kier alpha value is -5.52. The molecule has 0 saturated heterocycles. The van der Waals surface area contributed by atoms with E-state index in [0.29, 0.717) is 42.8 Å². The first-order valence-electron chi connectivity index (χ1n) is 17.3. The first kappa shape index (κ1) is 37.7. The van der Waals surface area contributed by atoms with E-state index in [1.165, 1.54) is 28.4 Å². The molecule has 274 valence electrons. The summed E-state index contributed by atoms with van der Waals surface area (Å²) >= 11 is 0. The average Bonchev–Trinajstić information content (AvgIpc) is 3.80. The van der Waals surface area contributed by atoms with Gasteiger partial charge in [-0.1, -0.05) is 0 Å². The first-order valence-corrected chi connectivity index (χ1v) is 17.3. The van der Waals surface area contributed by atoms with E-state index in [2.05, 4.69) is 9.97 Å². The van der Waals surface area contributed by atoms with Crippen LogP contribution in [0.5, 0.6) is 0 Å². The van der Waals surface area contributed by atoms with Crippen LogP contribution in [0.4, 0.5) is 0 Å². The van der Waals surface area contributed by atoms with Crippen molar-refractivity contribution in [3.8, 4) is 0 Å². The molecule has 2 aliphatic heterocycles. The highest BCUT2D eigenvalue weighted by Gasteiger charge is 2.22. The third-order valence-electron chi connectivity index (χ3n) is 10.0. The van der Waals surface area contributed by atoms with Gasteiger partial charge >= 0.3 is 23.9 Å². The van der Waals surface area contributed by atoms with E-state index in [9.17, 15) is 19.2 Å². The predicted molar refractivity (Wildman–Crippen MR) is 199 cm³/mol. The standard InChI is InChI=1S/C40H46N4O8/c1-21-25(9-13-37(45)49-5)33-18-31-23(3)26(10-14-38(46)50-6)34(43-31)19-32-24(4)28(12-16-40(48)52-8)36(44-32)20-35-27(11-15-39(47)51-7)22(2)30(42-35)17-29(21)41-33/h17-20,42-43H,9-16H2,1-8H3. The second-order valence-corrected chi connectivity index (χ2v) is 13.0. The number of methoxy groups -OCH3 is 4. The molecule has 3 aromatic heterocycles. The van der Waals surface area contributed by atoms with Gasteiger partial charge in [0.15, 0.2) is 0 Å². The molecule has 12 nitrogen and oxygen atoms in total. The van der Waals surface area contributed by atoms with Crippen LogP contribution in [0.25, 0.3) is 44.4 Å². The molecule has 0 spiro atoms. The lowest BCUT2D eigenvalue weighted by molar-refractivity contribution is -0.141. The lowest BCUT2D eigenvalue weighted by Gasteiger charge is -2.05. The number of ether oxygens (including phenoxy) is 4. The van der Waals surface area contributed by atoms with Crippen LogP contribution in [-0.2, 0) is 51.0 Å². The highest BCUT2D eigenvalue weighted by atomic mass is 16.5. The Bertz CT molecular complexity index is 2170. The van der Waals surface area contributed by atoms with Crippen molar-refractivity contribution in [2.45, 2.75) is 79.1 Å². The second kappa shape index (κ2) is 16.2. The molecule has 5 rings (SSSR count). The van der Waals surface area contributed by atoms with E-state index in [-0.39, 0.29) is 49.6 Å². The Balaban J connectivity index is 1.87. The van der Waals surface area contributed by atoms with Crippen LogP contribution in [0, 0.1) is 13.8 Å². The number of nitrogens with zero attached hydrogens (tertiary/aromatic N) is 2. The molecule has 5 heterocycles. The number of allylic oxidation sites excluding steroid dienone is 4. The van der Waals surface area contributed by atoms with Crippen molar-refractivity contribution < 1.29 is 38.1 Å². The highest BCUT2D eigenvalue weighted by Crippen LogP contribution is 2.37. The minimum atomic E-state index is -0.324. The van der Waals surface area contributed by atoms with Gasteiger partial charge in [-0.05, 0) is 122 Å². The molecule has 0 aliphatic carbocycles. The summed E-state index contributed by atoms with van der Waals surface area (Å²) in [6.45, 7) is 7.98. The molecule has 52 heavy (non-hydrogen) atoms. The van der Waals surface area contributed by atoms with Crippen molar-refractivity contribution in [2.75, 3.05) is 28.4 Å². The molecule has 0 unspecified atom stereocenters. The largest absolute Gasteiger partial charge is 0.469 e. The third-order valence-corrected chi connectivity index (χ3v) is 10.0. The maximum atomic E-state index is 12.3. The van der Waals surface area contributed by atoms with Gasteiger partial charge in [-0.2, -0.15) is 0 Å². The van der Waals surface area contributed by atoms with E-state index in [1.54, 1.807) is 0 Å². The normalized spacial score (nSPS) is 12.6. The zero-order chi connectivity index (χ0) is 37.7. The second-order valence-electron chi connectivity index (χ2n) is 13.0. The summed E-state index contributed by atoms with van der Waals surface area (Å²) < 4.78 is 19.8. The van der Waals surface area contributed by atoms with Gasteiger partial charge in [0.2, 0.25) is 0 Å². The van der Waals surface area contributed by atoms with Gasteiger partial charge in [0, 0.05) is 47.8 Å². The van der Waals surface area contributed by atoms with Crippen molar-refractivity contribution in [1.82, 2.24) is 19.9 Å². The highest BCUT2D eigenvalue weighted by molar-refractivity contribution is 5.96. The monoisotopic (exact) mass is 710 g/mol. The Morgan fingerprint density at radius 2 is 0.788 bits per heavy atom. The van der Waals surface area contributed by atoms with Crippen molar-refractivity contribution in [3.05, 3.63) is 69.3 Å². The van der Waals surface area contributed by atoms with Crippen molar-refractivity contribution in [2.24, 2.45) is 0 Å². The summed E-state index contributed by atoms with van der Waals surface area (Å²) in [5.74, 6) is -1.27. The molecular weight excluding hydrogens is 664 g/mol. The van der Waals surface area contributed by atoms with Crippen LogP contribution in [0.2, 0.25) is 0 Å². The number of H-pyrrole nitrogens is 2. The SMILES string of the molecule is COC(=O)CCC1=C(C)c2cc3[nH]c(cc4nc(cc5[nH]c(cc1n2)c(C)c5CCC(=O)OC)C(C)=C4CCC(=O)OC)c(CCC(=O)OC)c3C. The maximum Gasteiger partial charge on any atom is 0.305 e. The Labute approximate surface area is 302 Å². The molecule has 0 atom stereocenters. The van der Waals surface area contributed by atoms with Crippen molar-refractivity contribution in [3.63, 3.8) is 0 Å². The third kappa shape index (κ3) is 8.01. The number of carbonyl (C=O) groups is 4. The molecule has 2 N–H and O–H groups in total. The number of aryl methyl sites for hydroxylation is 4. The molecule has 0 saturated carbocycles. The van der Waals surface area contributed by atoms with Crippen LogP contribution in [-0.4, -0.2) is 72.3 Å². The number of fused-ring (bicyclic) bond motifs is 8. The molecule has 0 radical (unpaired) electrons. The van der Waals surface area contributed by atoms with Crippen LogP contribution in [0.1, 0.15) is 97.4 Å². The summed E-state index contributed by atoms with van der Waals surface area (Å²) in [7, 11) is 5.50. The van der Waals surface area contributed by atoms with Gasteiger partial charge in [0.25, 0.3) is 0 Å². The lowest BCUT2D eigenvalue weighted by atomic mass is 9.99. The first-order chi connectivity index (χ1) is 24.9. The Kier molecular flexibility index (Phi) is 11.8. The van der Waals surface area contributed by atoms with Crippen LogP contribution in [0.3, 0.4) is 0 Å². The zero-order valence-corrected chi connectivity index (χ0v) is 31.1. The number of rotatable bonds is 12. The maximum absolute atomic E-state index is 12.3. The van der Waals surface area contributed by atoms with Crippen molar-refractivity contribution >= 4 is 68.2 Å². The van der Waals surface area contributed by atoms with Crippen LogP contribution in [0.15, 0.2) is 24.3 Å². The average molecular weight is 711 g/mol. The molecule has 2 aliphatic rings. The van der Waals surface area contributed by atoms with E-state index in [0.717, 1.165) is 72.3 Å². The van der Waals surface area contributed by atoms with Gasteiger partial charge in [0.1, 0.15) is 0 Å². The minimum Gasteiger partial charge on any atom is -0.469 e. The summed E-state index contributed by atoms with van der Waals surface area (Å²) in [5, 5.41) is 0. The number of nitrogens with one attached hydrogen (secondary N) is 2. The van der Waals surface area contributed by atoms with Gasteiger partial charge in [-0.3, -0.25) is 19.2 Å². The van der Waals surface area contributed by atoms with E-state index < -0.39 is 0 Å². The fourth-order valence-electron chi connectivity index (χ4n) is 6.81. The van der Waals surface area contributed by atoms with Gasteiger partial charge in [0.05, 0.1) is 51.2 Å². The number of aromatic amines is 2. The molecule has 0 fully saturated rings. The Morgan fingerprint density at radius 3 is 1.15 bits per heavy atom. The van der Waals surface area contributed by atoms with E-state index >= 15 is 0 Å². The lowest BCUT2D eigenvalue weighted by Crippen LogP contribution is -2.02. The zero-order valence-electron chi connectivity index (χ0n) is 31.1. The molecule has 12 heteroatoms. The smallest absolute Gasteiger partial charge is 0.305 e. The summed E-state index contributed by atoms with van der Waals surface area (Å²) in [6.07, 6.45) is 2.43. The van der Waals surface area contributed by atoms with E-state index in [4.69, 9.17) is 28.9 Å². The molecular formula is C40H46N4O8. The fourth-order valence-corrected chi connectivity index (χ4v) is 6.81. The molecule has 0 aromatic carbocycles. The number of esters is 4. The van der Waals surface area contributed by atoms with Gasteiger partial charge < -0.3 is 28.9 Å². The fraction of sp³-hybridized carbons (Fsp3) is 0.400. The van der Waals surface area contributed by atoms with Crippen LogP contribution < -0.4 is 0 Å². The van der Waals surface area contributed by atoms with Gasteiger partial charge in [-0.15, -0.1) is 0 Å². The van der Waals surface area contributed by atoms with E-state index in [1.807, 2.05) is 52.0 Å². The van der Waals surface area contributed by atoms with Gasteiger partial charge in [-0.25, -0.2) is 9.97 Å². The summed E-state index contributed by atoms with van der Waals surface area (Å²) in [5.41, 5.74) is 13.5. The number of aromatic nitrogens is 4. The number of hydrogen-bond donors (Lipinski definition) is 2. The minimum absolute atomic E-state index is 0.175. The quantitative estimate of drug-likeness (QED) is 0.149.